The summed E-state index contributed by atoms with van der Waals surface area (Å²) in [7, 11) is -4.40. The molecule has 2 aromatic carbocycles. The van der Waals surface area contributed by atoms with Crippen molar-refractivity contribution in [3.63, 3.8) is 0 Å². The fraction of sp³-hybridized carbons (Fsp3) is 0.462. The topological polar surface area (TPSA) is 37.4 Å². The van der Waals surface area contributed by atoms with Crippen molar-refractivity contribution in [3.8, 4) is 0 Å². The molecule has 0 bridgehead atoms. The van der Waals surface area contributed by atoms with E-state index in [1.807, 2.05) is 6.92 Å². The highest BCUT2D eigenvalue weighted by atomic mass is 32.2. The molecular weight excluding hydrogens is 517 g/mol. The number of hydrogen-bond acceptors (Lipinski definition) is 4. The van der Waals surface area contributed by atoms with Crippen LogP contribution in [0, 0.1) is 17.6 Å². The van der Waals surface area contributed by atoms with Gasteiger partial charge < -0.3 is 0 Å². The predicted octanol–water partition coefficient (Wildman–Crippen LogP) is 7.14. The molecule has 2 fully saturated rings. The Balaban J connectivity index is 1.84. The summed E-state index contributed by atoms with van der Waals surface area (Å²) in [5.74, 6) is -1.74. The Morgan fingerprint density at radius 2 is 1.86 bits per heavy atom. The Morgan fingerprint density at radius 1 is 1.17 bits per heavy atom. The zero-order chi connectivity index (χ0) is 26.3. The van der Waals surface area contributed by atoms with Gasteiger partial charge in [0.05, 0.1) is 10.5 Å². The lowest BCUT2D eigenvalue weighted by Crippen LogP contribution is -2.52. The van der Waals surface area contributed by atoms with Crippen molar-refractivity contribution in [2.75, 3.05) is 6.54 Å². The molecule has 0 radical (unpaired) electrons. The van der Waals surface area contributed by atoms with Crippen molar-refractivity contribution in [2.45, 2.75) is 66.1 Å². The summed E-state index contributed by atoms with van der Waals surface area (Å²) in [4.78, 5) is -0.335. The van der Waals surface area contributed by atoms with Gasteiger partial charge in [-0.1, -0.05) is 24.9 Å². The minimum atomic E-state index is -4.63. The Labute approximate surface area is 212 Å². The van der Waals surface area contributed by atoms with Crippen molar-refractivity contribution in [3.05, 3.63) is 77.9 Å². The smallest absolute Gasteiger partial charge is 0.243 e. The number of rotatable bonds is 6. The minimum Gasteiger partial charge on any atom is -0.243 e. The number of sulfone groups is 1. The number of nitrogens with zero attached hydrogens (tertiary/aromatic N) is 1. The molecule has 1 saturated heterocycles. The van der Waals surface area contributed by atoms with Gasteiger partial charge >= 0.3 is 6.18 Å². The van der Waals surface area contributed by atoms with Gasteiger partial charge in [0.1, 0.15) is 16.4 Å². The number of hydrogen-bond donors (Lipinski definition) is 0. The quantitative estimate of drug-likeness (QED) is 0.220. The number of fused-ring (bicyclic) bond motifs is 1. The highest BCUT2D eigenvalue weighted by Crippen LogP contribution is 2.54. The minimum absolute atomic E-state index is 0.0168. The second kappa shape index (κ2) is 10.1. The van der Waals surface area contributed by atoms with E-state index in [4.69, 9.17) is 0 Å². The van der Waals surface area contributed by atoms with E-state index in [-0.39, 0.29) is 40.5 Å². The van der Waals surface area contributed by atoms with Gasteiger partial charge in [-0.25, -0.2) is 21.5 Å². The van der Waals surface area contributed by atoms with E-state index in [1.165, 1.54) is 0 Å². The van der Waals surface area contributed by atoms with Crippen molar-refractivity contribution in [1.29, 1.82) is 0 Å². The molecule has 2 aliphatic rings. The van der Waals surface area contributed by atoms with Crippen molar-refractivity contribution >= 4 is 21.8 Å². The second-order valence-corrected chi connectivity index (χ2v) is 13.1. The average Bonchev–Trinajstić information content (AvgIpc) is 2.84. The summed E-state index contributed by atoms with van der Waals surface area (Å²) in [6, 6.07) is 6.05. The summed E-state index contributed by atoms with van der Waals surface area (Å²) < 4.78 is 97.6. The Morgan fingerprint density at radius 3 is 2.47 bits per heavy atom. The predicted molar refractivity (Wildman–Crippen MR) is 131 cm³/mol. The van der Waals surface area contributed by atoms with Crippen LogP contribution in [0.1, 0.15) is 50.2 Å². The molecule has 2 aromatic rings. The molecular formula is C26H28F5NO2S2. The third-order valence-corrected chi connectivity index (χ3v) is 11.4. The van der Waals surface area contributed by atoms with Gasteiger partial charge in [0.25, 0.3) is 0 Å². The van der Waals surface area contributed by atoms with Crippen LogP contribution in [0.3, 0.4) is 0 Å². The van der Waals surface area contributed by atoms with Gasteiger partial charge in [0, 0.05) is 23.4 Å². The fourth-order valence-electron chi connectivity index (χ4n) is 5.62. The molecule has 0 spiro atoms. The first-order valence-electron chi connectivity index (χ1n) is 11.8. The molecule has 1 saturated carbocycles. The Bertz CT molecular complexity index is 1220. The van der Waals surface area contributed by atoms with Gasteiger partial charge in [-0.05, 0) is 80.5 Å². The van der Waals surface area contributed by atoms with E-state index >= 15 is 4.39 Å². The Hall–Kier alpha value is -1.91. The van der Waals surface area contributed by atoms with Crippen LogP contribution in [0.5, 0.6) is 0 Å². The van der Waals surface area contributed by atoms with Gasteiger partial charge in [0.2, 0.25) is 0 Å². The van der Waals surface area contributed by atoms with Crippen molar-refractivity contribution in [2.24, 2.45) is 5.92 Å². The van der Waals surface area contributed by atoms with E-state index in [1.54, 1.807) is 18.0 Å². The number of halogens is 5. The summed E-state index contributed by atoms with van der Waals surface area (Å²) in [5.41, 5.74) is -1.24. The normalized spacial score (nSPS) is 27.4. The van der Waals surface area contributed by atoms with Crippen LogP contribution >= 0.6 is 11.9 Å². The molecule has 1 aliphatic carbocycles. The first kappa shape index (κ1) is 27.1. The fourth-order valence-corrected chi connectivity index (χ4v) is 9.33. The van der Waals surface area contributed by atoms with Gasteiger partial charge in [-0.2, -0.15) is 13.2 Å². The molecule has 10 heteroatoms. The van der Waals surface area contributed by atoms with Crippen LogP contribution in [-0.2, 0) is 20.8 Å². The molecule has 3 nitrogen and oxygen atoms in total. The molecule has 4 rings (SSSR count). The largest absolute Gasteiger partial charge is 0.416 e. The van der Waals surface area contributed by atoms with Crippen LogP contribution in [0.25, 0.3) is 0 Å². The molecule has 0 amide bonds. The second-order valence-electron chi connectivity index (χ2n) is 9.47. The van der Waals surface area contributed by atoms with E-state index in [0.29, 0.717) is 31.5 Å². The zero-order valence-corrected chi connectivity index (χ0v) is 21.4. The number of alkyl halides is 3. The molecule has 0 aromatic heterocycles. The molecule has 0 N–H and O–H groups in total. The summed E-state index contributed by atoms with van der Waals surface area (Å²) in [5, 5.41) is 0.230. The van der Waals surface area contributed by atoms with Crippen LogP contribution < -0.4 is 0 Å². The van der Waals surface area contributed by atoms with E-state index in [2.05, 4.69) is 10.9 Å². The highest BCUT2D eigenvalue weighted by Gasteiger charge is 2.55. The maximum Gasteiger partial charge on any atom is 0.416 e. The molecule has 1 heterocycles. The lowest BCUT2D eigenvalue weighted by Gasteiger charge is -2.51. The van der Waals surface area contributed by atoms with Gasteiger partial charge in [-0.3, -0.25) is 0 Å². The first-order chi connectivity index (χ1) is 16.9. The van der Waals surface area contributed by atoms with Crippen LogP contribution in [0.4, 0.5) is 22.0 Å². The third kappa shape index (κ3) is 4.84. The zero-order valence-electron chi connectivity index (χ0n) is 19.8. The highest BCUT2D eigenvalue weighted by molar-refractivity contribution is 7.97. The molecule has 4 atom stereocenters. The SMILES string of the molecule is C=CCN1S[C@H](CC)C[C@@H]2C[C@](c3cc(F)ccc3F)(S(=O)(=O)c3ccc(C(F)(F)F)cc3)CC[C@@H]21. The van der Waals surface area contributed by atoms with Crippen molar-refractivity contribution in [1.82, 2.24) is 4.31 Å². The van der Waals surface area contributed by atoms with Crippen molar-refractivity contribution < 1.29 is 30.4 Å². The van der Waals surface area contributed by atoms with Crippen LogP contribution in [0.15, 0.2) is 60.0 Å². The summed E-state index contributed by atoms with van der Waals surface area (Å²) in [6.45, 7) is 6.48. The van der Waals surface area contributed by atoms with Crippen LogP contribution in [0.2, 0.25) is 0 Å². The monoisotopic (exact) mass is 545 g/mol. The first-order valence-corrected chi connectivity index (χ1v) is 14.2. The lowest BCUT2D eigenvalue weighted by molar-refractivity contribution is -0.137. The van der Waals surface area contributed by atoms with E-state index in [0.717, 1.165) is 36.8 Å². The molecule has 0 unspecified atom stereocenters. The molecule has 1 aliphatic heterocycles. The summed E-state index contributed by atoms with van der Waals surface area (Å²) in [6.07, 6.45) is -0.798. The van der Waals surface area contributed by atoms with E-state index < -0.39 is 38.0 Å². The summed E-state index contributed by atoms with van der Waals surface area (Å²) >= 11 is 1.72. The average molecular weight is 546 g/mol. The lowest BCUT2D eigenvalue weighted by atomic mass is 9.72. The molecule has 36 heavy (non-hydrogen) atoms. The molecule has 196 valence electrons. The Kier molecular flexibility index (Phi) is 7.61. The van der Waals surface area contributed by atoms with Gasteiger partial charge in [-0.15, -0.1) is 6.58 Å². The standard InChI is InChI=1S/C26H28F5NO2S2/c1-3-13-32-24-11-12-25(16-17(24)14-20(4-2)35-32,22-15-19(27)7-10-23(22)28)36(33,34)21-8-5-18(6-9-21)26(29,30)31/h3,5-10,15,17,20,24H,1,4,11-14,16H2,2H3/t17-,20-,24+,25-/m1/s1. The van der Waals surface area contributed by atoms with Gasteiger partial charge in [0.15, 0.2) is 9.84 Å². The van der Waals surface area contributed by atoms with E-state index in [9.17, 15) is 26.0 Å². The van der Waals surface area contributed by atoms with Crippen LogP contribution in [-0.4, -0.2) is 30.6 Å². The maximum absolute atomic E-state index is 15.2. The third-order valence-electron chi connectivity index (χ3n) is 7.39. The number of benzene rings is 2. The maximum atomic E-state index is 15.2.